The lowest BCUT2D eigenvalue weighted by Gasteiger charge is -2.30. The van der Waals surface area contributed by atoms with Crippen LogP contribution in [0.4, 0.5) is 0 Å². The van der Waals surface area contributed by atoms with Crippen molar-refractivity contribution in [2.45, 2.75) is 19.8 Å². The summed E-state index contributed by atoms with van der Waals surface area (Å²) >= 11 is 0. The van der Waals surface area contributed by atoms with Gasteiger partial charge in [-0.25, -0.2) is 9.59 Å². The van der Waals surface area contributed by atoms with Gasteiger partial charge < -0.3 is 19.2 Å². The van der Waals surface area contributed by atoms with Crippen LogP contribution in [-0.2, 0) is 19.1 Å². The van der Waals surface area contributed by atoms with Crippen molar-refractivity contribution in [1.29, 1.82) is 0 Å². The summed E-state index contributed by atoms with van der Waals surface area (Å²) in [6, 6.07) is 15.7. The van der Waals surface area contributed by atoms with Gasteiger partial charge in [0.25, 0.3) is 0 Å². The second-order valence-corrected chi connectivity index (χ2v) is 8.11. The molecule has 3 aromatic rings. The number of para-hydroxylation sites is 1. The Hall–Kier alpha value is -4.39. The Morgan fingerprint density at radius 1 is 1.03 bits per heavy atom. The van der Waals surface area contributed by atoms with E-state index in [2.05, 4.69) is 11.9 Å². The van der Waals surface area contributed by atoms with Crippen LogP contribution >= 0.6 is 0 Å². The monoisotopic (exact) mass is 471 g/mol. The fourth-order valence-corrected chi connectivity index (χ4v) is 4.28. The molecular formula is C28H25NO6. The number of hydrogen-bond donors (Lipinski definition) is 1. The maximum Gasteiger partial charge on any atom is 0.337 e. The summed E-state index contributed by atoms with van der Waals surface area (Å²) in [5.74, 6) is -1.40. The van der Waals surface area contributed by atoms with Gasteiger partial charge in [0.05, 0.1) is 29.6 Å². The van der Waals surface area contributed by atoms with Crippen LogP contribution in [0.15, 0.2) is 99.0 Å². The highest BCUT2D eigenvalue weighted by molar-refractivity contribution is 6.00. The molecule has 0 saturated heterocycles. The number of carbonyl (C=O) groups excluding carboxylic acids is 2. The van der Waals surface area contributed by atoms with Crippen LogP contribution in [0.1, 0.15) is 25.3 Å². The molecule has 1 aliphatic rings. The molecule has 0 spiro atoms. The normalized spacial score (nSPS) is 15.6. The molecule has 0 amide bonds. The molecule has 4 rings (SSSR count). The summed E-state index contributed by atoms with van der Waals surface area (Å²) in [5.41, 5.74) is 3.52. The molecule has 35 heavy (non-hydrogen) atoms. The summed E-state index contributed by atoms with van der Waals surface area (Å²) in [4.78, 5) is 38.2. The molecule has 1 aromatic heterocycles. The van der Waals surface area contributed by atoms with E-state index in [1.165, 1.54) is 19.3 Å². The third kappa shape index (κ3) is 4.53. The maximum atomic E-state index is 13.0. The lowest BCUT2D eigenvalue weighted by molar-refractivity contribution is -0.138. The molecule has 0 radical (unpaired) electrons. The lowest BCUT2D eigenvalue weighted by Crippen LogP contribution is -2.32. The Balaban J connectivity index is 1.79. The number of fused-ring (bicyclic) bond motifs is 1. The molecule has 0 aliphatic carbocycles. The summed E-state index contributed by atoms with van der Waals surface area (Å²) in [7, 11) is 1.30. The van der Waals surface area contributed by atoms with Gasteiger partial charge in [0.15, 0.2) is 5.43 Å². The number of benzene rings is 2. The van der Waals surface area contributed by atoms with Gasteiger partial charge in [0, 0.05) is 23.0 Å². The van der Waals surface area contributed by atoms with Crippen molar-refractivity contribution in [3.63, 3.8) is 0 Å². The Morgan fingerprint density at radius 2 is 1.69 bits per heavy atom. The molecule has 7 heteroatoms. The lowest BCUT2D eigenvalue weighted by atomic mass is 9.80. The minimum absolute atomic E-state index is 0.0402. The van der Waals surface area contributed by atoms with Gasteiger partial charge >= 0.3 is 11.9 Å². The number of methoxy groups -OCH3 is 1. The van der Waals surface area contributed by atoms with Crippen molar-refractivity contribution in [1.82, 2.24) is 5.32 Å². The van der Waals surface area contributed by atoms with Crippen LogP contribution in [0.2, 0.25) is 0 Å². The van der Waals surface area contributed by atoms with E-state index in [0.717, 1.165) is 0 Å². The Bertz CT molecular complexity index is 1440. The van der Waals surface area contributed by atoms with E-state index in [4.69, 9.17) is 13.9 Å². The topological polar surface area (TPSA) is 94.8 Å². The van der Waals surface area contributed by atoms with Crippen molar-refractivity contribution in [2.24, 2.45) is 0 Å². The Morgan fingerprint density at radius 3 is 2.34 bits per heavy atom. The van der Waals surface area contributed by atoms with E-state index in [9.17, 15) is 14.4 Å². The van der Waals surface area contributed by atoms with Crippen LogP contribution in [0.5, 0.6) is 0 Å². The Kier molecular flexibility index (Phi) is 6.68. The van der Waals surface area contributed by atoms with Crippen LogP contribution in [0.25, 0.3) is 22.3 Å². The van der Waals surface area contributed by atoms with E-state index >= 15 is 0 Å². The van der Waals surface area contributed by atoms with Crippen molar-refractivity contribution in [2.75, 3.05) is 13.7 Å². The third-order valence-electron chi connectivity index (χ3n) is 5.88. The maximum absolute atomic E-state index is 13.0. The predicted octanol–water partition coefficient (Wildman–Crippen LogP) is 4.60. The molecule has 1 N–H and O–H groups in total. The van der Waals surface area contributed by atoms with E-state index in [0.29, 0.717) is 50.4 Å². The minimum Gasteiger partial charge on any atom is -0.466 e. The molecular weight excluding hydrogens is 446 g/mol. The number of esters is 2. The van der Waals surface area contributed by atoms with Crippen LogP contribution in [0.3, 0.4) is 0 Å². The molecule has 2 heterocycles. The van der Waals surface area contributed by atoms with Gasteiger partial charge in [-0.05, 0) is 31.5 Å². The number of carbonyl (C=O) groups is 2. The predicted molar refractivity (Wildman–Crippen MR) is 132 cm³/mol. The number of dihydropyridines is 1. The zero-order chi connectivity index (χ0) is 25.1. The number of ether oxygens (including phenoxy) is 2. The van der Waals surface area contributed by atoms with Gasteiger partial charge in [-0.15, -0.1) is 0 Å². The first-order valence-electron chi connectivity index (χ1n) is 11.0. The first kappa shape index (κ1) is 23.8. The summed E-state index contributed by atoms with van der Waals surface area (Å²) in [5, 5.41) is 3.60. The fourth-order valence-electron chi connectivity index (χ4n) is 4.28. The molecule has 1 atom stereocenters. The summed E-state index contributed by atoms with van der Waals surface area (Å²) in [6.45, 7) is 7.14. The van der Waals surface area contributed by atoms with E-state index in [1.54, 1.807) is 62.4 Å². The first-order chi connectivity index (χ1) is 16.8. The quantitative estimate of drug-likeness (QED) is 0.415. The SMILES string of the molecule is C=CCOC(=O)C1=C(C)NC(C)=C(C(=O)OC)C1c1ccc(-c2cc(=O)c3ccccc3o2)cc1. The minimum atomic E-state index is -0.710. The molecule has 1 unspecified atom stereocenters. The highest BCUT2D eigenvalue weighted by atomic mass is 16.5. The van der Waals surface area contributed by atoms with E-state index in [1.807, 2.05) is 0 Å². The number of nitrogens with one attached hydrogen (secondary N) is 1. The standard InChI is InChI=1S/C28H25NO6/c1-5-14-34-28(32)25-17(3)29-16(2)24(27(31)33-4)26(25)19-12-10-18(11-13-19)23-15-21(30)20-8-6-7-9-22(20)35-23/h5-13,15,26,29H,1,14H2,2-4H3. The van der Waals surface area contributed by atoms with Gasteiger partial charge in [-0.3, -0.25) is 4.79 Å². The molecule has 2 aromatic carbocycles. The first-order valence-corrected chi connectivity index (χ1v) is 11.0. The summed E-state index contributed by atoms with van der Waals surface area (Å²) in [6.07, 6.45) is 1.48. The molecule has 0 fully saturated rings. The highest BCUT2D eigenvalue weighted by Crippen LogP contribution is 2.39. The van der Waals surface area contributed by atoms with Crippen LogP contribution < -0.4 is 10.7 Å². The second-order valence-electron chi connectivity index (χ2n) is 8.11. The molecule has 0 saturated carbocycles. The van der Waals surface area contributed by atoms with Crippen molar-refractivity contribution in [3.05, 3.63) is 106 Å². The smallest absolute Gasteiger partial charge is 0.337 e. The van der Waals surface area contributed by atoms with Crippen LogP contribution in [-0.4, -0.2) is 25.7 Å². The van der Waals surface area contributed by atoms with Crippen LogP contribution in [0, 0.1) is 0 Å². The van der Waals surface area contributed by atoms with Crippen molar-refractivity contribution < 1.29 is 23.5 Å². The molecule has 178 valence electrons. The zero-order valence-corrected chi connectivity index (χ0v) is 19.7. The van der Waals surface area contributed by atoms with Gasteiger partial charge in [0.1, 0.15) is 18.0 Å². The van der Waals surface area contributed by atoms with Crippen molar-refractivity contribution in [3.8, 4) is 11.3 Å². The number of allylic oxidation sites excluding steroid dienone is 2. The highest BCUT2D eigenvalue weighted by Gasteiger charge is 2.37. The number of rotatable bonds is 6. The molecule has 1 aliphatic heterocycles. The third-order valence-corrected chi connectivity index (χ3v) is 5.88. The average Bonchev–Trinajstić information content (AvgIpc) is 2.86. The zero-order valence-electron chi connectivity index (χ0n) is 19.7. The van der Waals surface area contributed by atoms with E-state index < -0.39 is 17.9 Å². The molecule has 7 nitrogen and oxygen atoms in total. The average molecular weight is 472 g/mol. The largest absolute Gasteiger partial charge is 0.466 e. The summed E-state index contributed by atoms with van der Waals surface area (Å²) < 4.78 is 16.3. The van der Waals surface area contributed by atoms with Gasteiger partial charge in [-0.2, -0.15) is 0 Å². The fraction of sp³-hybridized carbons (Fsp3) is 0.179. The Labute approximate surface area is 202 Å². The van der Waals surface area contributed by atoms with Gasteiger partial charge in [-0.1, -0.05) is 49.1 Å². The van der Waals surface area contributed by atoms with Gasteiger partial charge in [0.2, 0.25) is 0 Å². The second kappa shape index (κ2) is 9.85. The molecule has 0 bridgehead atoms. The van der Waals surface area contributed by atoms with Crippen molar-refractivity contribution >= 4 is 22.9 Å². The van der Waals surface area contributed by atoms with E-state index in [-0.39, 0.29) is 12.0 Å². The number of hydrogen-bond acceptors (Lipinski definition) is 7.